The Morgan fingerprint density at radius 1 is 0.932 bits per heavy atom. The fourth-order valence-electron chi connectivity index (χ4n) is 4.64. The van der Waals surface area contributed by atoms with E-state index in [1.54, 1.807) is 60.7 Å². The summed E-state index contributed by atoms with van der Waals surface area (Å²) in [6.07, 6.45) is 1.37. The minimum atomic E-state index is -0.625. The van der Waals surface area contributed by atoms with Crippen molar-refractivity contribution in [2.24, 2.45) is 0 Å². The van der Waals surface area contributed by atoms with Crippen LogP contribution in [0.5, 0.6) is 5.75 Å². The highest BCUT2D eigenvalue weighted by atomic mass is 32.2. The van der Waals surface area contributed by atoms with Crippen LogP contribution >= 0.6 is 35.3 Å². The summed E-state index contributed by atoms with van der Waals surface area (Å²) in [6.45, 7) is 2.45. The second-order valence-corrected chi connectivity index (χ2v) is 12.1. The van der Waals surface area contributed by atoms with E-state index in [2.05, 4.69) is 4.98 Å². The topological polar surface area (TPSA) is 106 Å². The molecular formula is C32H22N4O5S3. The SMILES string of the molecule is CCOc1ccc2nc(Sc3ccc(C=C4C(=O)N(c5ccccc5)C(=S)N(c5ccccc5)C4=O)cc3[N+](=O)[O-])sc2c1. The number of thiazole rings is 1. The highest BCUT2D eigenvalue weighted by Gasteiger charge is 2.41. The van der Waals surface area contributed by atoms with Gasteiger partial charge in [-0.3, -0.25) is 29.5 Å². The number of anilines is 2. The summed E-state index contributed by atoms with van der Waals surface area (Å²) in [5.74, 6) is -0.520. The van der Waals surface area contributed by atoms with E-state index in [1.807, 2.05) is 37.3 Å². The number of rotatable bonds is 8. The predicted molar refractivity (Wildman–Crippen MR) is 176 cm³/mol. The van der Waals surface area contributed by atoms with Gasteiger partial charge in [-0.05, 0) is 79.3 Å². The lowest BCUT2D eigenvalue weighted by Crippen LogP contribution is -2.56. The maximum atomic E-state index is 13.8. The van der Waals surface area contributed by atoms with Gasteiger partial charge in [-0.1, -0.05) is 54.2 Å². The molecule has 0 bridgehead atoms. The molecule has 1 fully saturated rings. The fraction of sp³-hybridized carbons (Fsp3) is 0.0625. The minimum Gasteiger partial charge on any atom is -0.494 e. The number of carbonyl (C=O) groups is 2. The molecule has 9 nitrogen and oxygen atoms in total. The molecule has 0 unspecified atom stereocenters. The smallest absolute Gasteiger partial charge is 0.283 e. The summed E-state index contributed by atoms with van der Waals surface area (Å²) >= 11 is 8.22. The van der Waals surface area contributed by atoms with Crippen LogP contribution in [0, 0.1) is 10.1 Å². The summed E-state index contributed by atoms with van der Waals surface area (Å²) < 4.78 is 7.10. The molecule has 2 amide bonds. The lowest BCUT2D eigenvalue weighted by molar-refractivity contribution is -0.387. The van der Waals surface area contributed by atoms with Crippen LogP contribution in [0.2, 0.25) is 0 Å². The number of fused-ring (bicyclic) bond motifs is 1. The number of hydrogen-bond acceptors (Lipinski definition) is 9. The molecule has 1 saturated heterocycles. The Labute approximate surface area is 265 Å². The summed E-state index contributed by atoms with van der Waals surface area (Å²) in [4.78, 5) is 46.8. The Hall–Kier alpha value is -4.91. The summed E-state index contributed by atoms with van der Waals surface area (Å²) in [5, 5.41) is 12.2. The molecule has 6 rings (SSSR count). The first-order chi connectivity index (χ1) is 21.3. The van der Waals surface area contributed by atoms with E-state index in [4.69, 9.17) is 17.0 Å². The van der Waals surface area contributed by atoms with Gasteiger partial charge in [0.25, 0.3) is 17.5 Å². The van der Waals surface area contributed by atoms with Crippen LogP contribution < -0.4 is 14.5 Å². The first-order valence-electron chi connectivity index (χ1n) is 13.4. The van der Waals surface area contributed by atoms with E-state index in [0.717, 1.165) is 16.0 Å². The minimum absolute atomic E-state index is 0.0106. The van der Waals surface area contributed by atoms with E-state index in [1.165, 1.54) is 45.0 Å². The average molecular weight is 639 g/mol. The van der Waals surface area contributed by atoms with Crippen molar-refractivity contribution in [3.8, 4) is 5.75 Å². The predicted octanol–water partition coefficient (Wildman–Crippen LogP) is 7.50. The van der Waals surface area contributed by atoms with Crippen LogP contribution in [0.1, 0.15) is 12.5 Å². The number of amides is 2. The molecule has 1 aliphatic heterocycles. The molecule has 1 aromatic heterocycles. The Kier molecular flexibility index (Phi) is 8.20. The molecule has 0 saturated carbocycles. The van der Waals surface area contributed by atoms with Crippen LogP contribution in [0.4, 0.5) is 17.1 Å². The van der Waals surface area contributed by atoms with E-state index in [0.29, 0.717) is 32.8 Å². The molecule has 1 aliphatic rings. The number of benzene rings is 4. The number of thiocarbonyl (C=S) groups is 1. The lowest BCUT2D eigenvalue weighted by atomic mass is 10.0. The Balaban J connectivity index is 1.37. The van der Waals surface area contributed by atoms with Crippen LogP contribution in [0.3, 0.4) is 0 Å². The first kappa shape index (κ1) is 29.2. The molecule has 0 atom stereocenters. The molecule has 0 N–H and O–H groups in total. The summed E-state index contributed by atoms with van der Waals surface area (Å²) in [5.41, 5.74) is 1.70. The number of carbonyl (C=O) groups excluding carboxylic acids is 2. The van der Waals surface area contributed by atoms with Crippen molar-refractivity contribution < 1.29 is 19.2 Å². The van der Waals surface area contributed by atoms with Gasteiger partial charge in [0.05, 0.1) is 38.0 Å². The van der Waals surface area contributed by atoms with Gasteiger partial charge < -0.3 is 4.74 Å². The Bertz CT molecular complexity index is 1900. The highest BCUT2D eigenvalue weighted by molar-refractivity contribution is 8.01. The Morgan fingerprint density at radius 3 is 2.16 bits per heavy atom. The Morgan fingerprint density at radius 2 is 1.57 bits per heavy atom. The number of aromatic nitrogens is 1. The summed E-state index contributed by atoms with van der Waals surface area (Å²) in [7, 11) is 0. The molecule has 5 aromatic rings. The van der Waals surface area contributed by atoms with Crippen molar-refractivity contribution in [1.82, 2.24) is 4.98 Å². The van der Waals surface area contributed by atoms with Crippen LogP contribution in [0.15, 0.2) is 112 Å². The van der Waals surface area contributed by atoms with Gasteiger partial charge in [-0.15, -0.1) is 11.3 Å². The molecule has 4 aromatic carbocycles. The molecule has 0 spiro atoms. The number of hydrogen-bond donors (Lipinski definition) is 0. The van der Waals surface area contributed by atoms with Gasteiger partial charge in [-0.2, -0.15) is 0 Å². The van der Waals surface area contributed by atoms with Crippen molar-refractivity contribution >= 4 is 85.6 Å². The lowest BCUT2D eigenvalue weighted by Gasteiger charge is -2.36. The second-order valence-electron chi connectivity index (χ2n) is 9.42. The molecule has 0 radical (unpaired) electrons. The van der Waals surface area contributed by atoms with E-state index in [9.17, 15) is 19.7 Å². The zero-order valence-corrected chi connectivity index (χ0v) is 25.5. The van der Waals surface area contributed by atoms with E-state index in [-0.39, 0.29) is 16.4 Å². The van der Waals surface area contributed by atoms with Crippen molar-refractivity contribution in [2.75, 3.05) is 16.4 Å². The molecule has 218 valence electrons. The fourth-order valence-corrected chi connectivity index (χ4v) is 7.15. The number of nitro benzene ring substituents is 1. The average Bonchev–Trinajstić information content (AvgIpc) is 3.43. The number of para-hydroxylation sites is 2. The summed E-state index contributed by atoms with van der Waals surface area (Å²) in [6, 6.07) is 27.7. The largest absolute Gasteiger partial charge is 0.494 e. The van der Waals surface area contributed by atoms with Crippen molar-refractivity contribution in [1.29, 1.82) is 0 Å². The first-order valence-corrected chi connectivity index (χ1v) is 15.4. The maximum Gasteiger partial charge on any atom is 0.283 e. The zero-order valence-electron chi connectivity index (χ0n) is 23.1. The van der Waals surface area contributed by atoms with Gasteiger partial charge in [0.2, 0.25) is 0 Å². The van der Waals surface area contributed by atoms with E-state index >= 15 is 0 Å². The zero-order chi connectivity index (χ0) is 30.8. The monoisotopic (exact) mass is 638 g/mol. The highest BCUT2D eigenvalue weighted by Crippen LogP contribution is 2.40. The van der Waals surface area contributed by atoms with Crippen molar-refractivity contribution in [3.05, 3.63) is 118 Å². The molecule has 12 heteroatoms. The quantitative estimate of drug-likeness (QED) is 0.0566. The third-order valence-electron chi connectivity index (χ3n) is 6.62. The van der Waals surface area contributed by atoms with Gasteiger partial charge in [0.1, 0.15) is 11.3 Å². The molecular weight excluding hydrogens is 617 g/mol. The van der Waals surface area contributed by atoms with Crippen molar-refractivity contribution in [2.45, 2.75) is 16.2 Å². The third-order valence-corrected chi connectivity index (χ3v) is 9.13. The number of nitro groups is 1. The van der Waals surface area contributed by atoms with Crippen LogP contribution in [0.25, 0.3) is 16.3 Å². The third kappa shape index (κ3) is 5.70. The van der Waals surface area contributed by atoms with Gasteiger partial charge in [-0.25, -0.2) is 4.98 Å². The molecule has 2 heterocycles. The number of ether oxygens (including phenoxy) is 1. The van der Waals surface area contributed by atoms with Gasteiger partial charge >= 0.3 is 0 Å². The van der Waals surface area contributed by atoms with Crippen LogP contribution in [-0.2, 0) is 9.59 Å². The van der Waals surface area contributed by atoms with E-state index < -0.39 is 16.7 Å². The van der Waals surface area contributed by atoms with Crippen molar-refractivity contribution in [3.63, 3.8) is 0 Å². The van der Waals surface area contributed by atoms with Gasteiger partial charge in [0.15, 0.2) is 9.45 Å². The van der Waals surface area contributed by atoms with Gasteiger partial charge in [0, 0.05) is 6.07 Å². The molecule has 44 heavy (non-hydrogen) atoms. The second kappa shape index (κ2) is 12.4. The van der Waals surface area contributed by atoms with Crippen LogP contribution in [-0.4, -0.2) is 33.4 Å². The number of nitrogens with zero attached hydrogens (tertiary/aromatic N) is 4. The maximum absolute atomic E-state index is 13.8. The normalized spacial score (nSPS) is 13.5. The standard InChI is InChI=1S/C32H22N4O5S3/c1-2-41-23-14-15-25-28(19-23)44-31(33-25)43-27-16-13-20(18-26(27)36(39)40)17-24-29(37)34(21-9-5-3-6-10-21)32(42)35(30(24)38)22-11-7-4-8-12-22/h3-19H,2H2,1H3. The molecule has 0 aliphatic carbocycles.